The maximum absolute atomic E-state index is 15.8. The summed E-state index contributed by atoms with van der Waals surface area (Å²) in [6.07, 6.45) is 5.59. The molecule has 1 aliphatic rings. The van der Waals surface area contributed by atoms with Gasteiger partial charge in [-0.05, 0) is 84.1 Å². The number of imidazole rings is 1. The van der Waals surface area contributed by atoms with Crippen LogP contribution in [0.5, 0.6) is 5.75 Å². The average molecular weight is 578 g/mol. The molecule has 0 spiro atoms. The van der Waals surface area contributed by atoms with Gasteiger partial charge in [-0.25, -0.2) is 9.37 Å². The van der Waals surface area contributed by atoms with E-state index < -0.39 is 5.82 Å². The molecule has 1 aromatic heterocycles. The van der Waals surface area contributed by atoms with Gasteiger partial charge in [-0.2, -0.15) is 0 Å². The summed E-state index contributed by atoms with van der Waals surface area (Å²) in [5, 5.41) is 0. The average Bonchev–Trinajstić information content (AvgIpc) is 3.38. The first-order valence-corrected chi connectivity index (χ1v) is 14.7. The molecule has 0 unspecified atom stereocenters. The second kappa shape index (κ2) is 11.8. The predicted molar refractivity (Wildman–Crippen MR) is 170 cm³/mol. The van der Waals surface area contributed by atoms with Crippen molar-refractivity contribution < 1.29 is 13.9 Å². The lowest BCUT2D eigenvalue weighted by molar-refractivity contribution is 0.0827. The third-order valence-corrected chi connectivity index (χ3v) is 8.21. The highest BCUT2D eigenvalue weighted by atomic mass is 19.1. The van der Waals surface area contributed by atoms with E-state index in [9.17, 15) is 4.79 Å². The first-order valence-electron chi connectivity index (χ1n) is 14.7. The van der Waals surface area contributed by atoms with Crippen molar-refractivity contribution >= 4 is 28.3 Å². The normalized spacial score (nSPS) is 13.7. The summed E-state index contributed by atoms with van der Waals surface area (Å²) in [6, 6.07) is 24.0. The Morgan fingerprint density at radius 3 is 2.35 bits per heavy atom. The number of nitrogens with zero attached hydrogens (tertiary/aromatic N) is 3. The minimum Gasteiger partial charge on any atom is -0.489 e. The van der Waals surface area contributed by atoms with E-state index in [0.29, 0.717) is 34.1 Å². The number of amides is 1. The minimum atomic E-state index is -0.409. The van der Waals surface area contributed by atoms with Crippen molar-refractivity contribution in [3.63, 3.8) is 0 Å². The van der Waals surface area contributed by atoms with E-state index >= 15 is 4.39 Å². The summed E-state index contributed by atoms with van der Waals surface area (Å²) in [7, 11) is 3.43. The maximum atomic E-state index is 15.8. The van der Waals surface area contributed by atoms with Crippen LogP contribution in [0.4, 0.5) is 15.8 Å². The molecule has 0 saturated heterocycles. The van der Waals surface area contributed by atoms with Gasteiger partial charge in [-0.3, -0.25) is 4.79 Å². The molecule has 1 amide bonds. The zero-order chi connectivity index (χ0) is 30.1. The van der Waals surface area contributed by atoms with Crippen molar-refractivity contribution in [2.45, 2.75) is 44.8 Å². The Balaban J connectivity index is 1.32. The summed E-state index contributed by atoms with van der Waals surface area (Å²) in [6.45, 7) is 0.146. The fourth-order valence-electron chi connectivity index (χ4n) is 5.99. The molecular formula is C35H36FN5O2. The number of anilines is 2. The molecule has 4 aromatic carbocycles. The molecular weight excluding hydrogens is 541 g/mol. The third kappa shape index (κ3) is 5.78. The first kappa shape index (κ1) is 28.3. The molecule has 1 saturated carbocycles. The molecule has 7 nitrogen and oxygen atoms in total. The summed E-state index contributed by atoms with van der Waals surface area (Å²) in [4.78, 5) is 19.1. The Morgan fingerprint density at radius 2 is 1.63 bits per heavy atom. The largest absolute Gasteiger partial charge is 0.489 e. The summed E-state index contributed by atoms with van der Waals surface area (Å²) >= 11 is 0. The van der Waals surface area contributed by atoms with Gasteiger partial charge in [0.25, 0.3) is 5.91 Å². The van der Waals surface area contributed by atoms with Crippen molar-refractivity contribution in [3.8, 4) is 28.3 Å². The summed E-state index contributed by atoms with van der Waals surface area (Å²) in [5.74, 6) is 0.478. The van der Waals surface area contributed by atoms with Crippen LogP contribution >= 0.6 is 0 Å². The van der Waals surface area contributed by atoms with Gasteiger partial charge in [0.05, 0.1) is 16.6 Å². The Morgan fingerprint density at radius 1 is 0.907 bits per heavy atom. The monoisotopic (exact) mass is 577 g/mol. The molecule has 0 radical (unpaired) electrons. The van der Waals surface area contributed by atoms with Gasteiger partial charge in [0.2, 0.25) is 0 Å². The number of carbonyl (C=O) groups excluding carboxylic acids is 1. The second-order valence-corrected chi connectivity index (χ2v) is 11.5. The number of rotatable bonds is 7. The molecule has 0 aliphatic heterocycles. The number of benzene rings is 4. The van der Waals surface area contributed by atoms with Gasteiger partial charge in [0.15, 0.2) is 0 Å². The Hall–Kier alpha value is -4.85. The van der Waals surface area contributed by atoms with Gasteiger partial charge < -0.3 is 25.7 Å². The molecule has 220 valence electrons. The lowest BCUT2D eigenvalue weighted by Crippen LogP contribution is -2.21. The molecule has 1 heterocycles. The van der Waals surface area contributed by atoms with E-state index in [4.69, 9.17) is 21.2 Å². The number of nitrogen functional groups attached to an aromatic ring is 2. The number of ether oxygens (including phenoxy) is 1. The Kier molecular flexibility index (Phi) is 7.76. The second-order valence-electron chi connectivity index (χ2n) is 11.5. The molecule has 6 rings (SSSR count). The van der Waals surface area contributed by atoms with Crippen molar-refractivity contribution in [1.29, 1.82) is 0 Å². The molecule has 43 heavy (non-hydrogen) atoms. The zero-order valence-electron chi connectivity index (χ0n) is 24.5. The fraction of sp³-hybridized carbons (Fsp3) is 0.257. The van der Waals surface area contributed by atoms with Crippen LogP contribution in [0.3, 0.4) is 0 Å². The van der Waals surface area contributed by atoms with Crippen LogP contribution in [-0.4, -0.2) is 34.5 Å². The van der Waals surface area contributed by atoms with E-state index in [1.807, 2.05) is 54.6 Å². The number of nitrogens with two attached hydrogens (primary N) is 2. The minimum absolute atomic E-state index is 0.108. The number of hydrogen-bond acceptors (Lipinski definition) is 5. The van der Waals surface area contributed by atoms with E-state index in [2.05, 4.69) is 4.57 Å². The molecule has 1 fully saturated rings. The van der Waals surface area contributed by atoms with Gasteiger partial charge >= 0.3 is 0 Å². The van der Waals surface area contributed by atoms with E-state index in [0.717, 1.165) is 53.4 Å². The van der Waals surface area contributed by atoms with Gasteiger partial charge in [0.1, 0.15) is 24.0 Å². The predicted octanol–water partition coefficient (Wildman–Crippen LogP) is 7.46. The quantitative estimate of drug-likeness (QED) is 0.196. The number of halogens is 1. The first-order chi connectivity index (χ1) is 20.8. The van der Waals surface area contributed by atoms with Crippen molar-refractivity contribution in [2.75, 3.05) is 25.6 Å². The highest BCUT2D eigenvalue weighted by molar-refractivity contribution is 5.95. The van der Waals surface area contributed by atoms with E-state index in [1.54, 1.807) is 32.3 Å². The highest BCUT2D eigenvalue weighted by Gasteiger charge is 2.24. The summed E-state index contributed by atoms with van der Waals surface area (Å²) in [5.41, 5.74) is 18.6. The third-order valence-electron chi connectivity index (χ3n) is 8.21. The molecule has 1 aliphatic carbocycles. The van der Waals surface area contributed by atoms with Gasteiger partial charge in [-0.1, -0.05) is 37.5 Å². The molecule has 4 N–H and O–H groups in total. The standard InChI is InChI=1S/C35H36FN5O2/c1-40(2)35(42)23-10-15-29(22-8-11-25(37)12-9-22)24(18-23)21-43-28-14-16-30(31(36)20-28)34-39-32-19-26(38)13-17-33(32)41(34)27-6-4-3-5-7-27/h8-20,27H,3-7,21,37-38H2,1-2H3. The van der Waals surface area contributed by atoms with Gasteiger partial charge in [0, 0.05) is 43.1 Å². The topological polar surface area (TPSA) is 99.4 Å². The molecule has 0 bridgehead atoms. The van der Waals surface area contributed by atoms with Crippen LogP contribution in [0, 0.1) is 5.82 Å². The van der Waals surface area contributed by atoms with Gasteiger partial charge in [-0.15, -0.1) is 0 Å². The van der Waals surface area contributed by atoms with E-state index in [1.165, 1.54) is 17.4 Å². The molecule has 5 aromatic rings. The Labute approximate surface area is 250 Å². The number of carbonyl (C=O) groups is 1. The van der Waals surface area contributed by atoms with Crippen LogP contribution in [0.1, 0.15) is 54.1 Å². The Bertz CT molecular complexity index is 1790. The fourth-order valence-corrected chi connectivity index (χ4v) is 5.99. The molecule has 8 heteroatoms. The van der Waals surface area contributed by atoms with Crippen LogP contribution in [0.2, 0.25) is 0 Å². The number of aromatic nitrogens is 2. The number of hydrogen-bond donors (Lipinski definition) is 2. The highest BCUT2D eigenvalue weighted by Crippen LogP contribution is 2.38. The van der Waals surface area contributed by atoms with Crippen molar-refractivity contribution in [2.24, 2.45) is 0 Å². The van der Waals surface area contributed by atoms with E-state index in [-0.39, 0.29) is 18.6 Å². The molecule has 0 atom stereocenters. The number of fused-ring (bicyclic) bond motifs is 1. The van der Waals surface area contributed by atoms with Crippen molar-refractivity contribution in [1.82, 2.24) is 14.5 Å². The maximum Gasteiger partial charge on any atom is 0.253 e. The van der Waals surface area contributed by atoms with Crippen LogP contribution in [0.25, 0.3) is 33.5 Å². The van der Waals surface area contributed by atoms with Crippen LogP contribution in [0.15, 0.2) is 78.9 Å². The smallest absolute Gasteiger partial charge is 0.253 e. The zero-order valence-corrected chi connectivity index (χ0v) is 24.5. The SMILES string of the molecule is CN(C)C(=O)c1ccc(-c2ccc(N)cc2)c(COc2ccc(-c3nc4cc(N)ccc4n3C3CCCCC3)c(F)c2)c1. The lowest BCUT2D eigenvalue weighted by Gasteiger charge is -2.25. The van der Waals surface area contributed by atoms with Crippen LogP contribution < -0.4 is 16.2 Å². The van der Waals surface area contributed by atoms with Crippen LogP contribution in [-0.2, 0) is 6.61 Å². The lowest BCUT2D eigenvalue weighted by atomic mass is 9.95. The summed E-state index contributed by atoms with van der Waals surface area (Å²) < 4.78 is 24.2. The van der Waals surface area contributed by atoms with Crippen molar-refractivity contribution in [3.05, 3.63) is 95.8 Å².